The van der Waals surface area contributed by atoms with Gasteiger partial charge in [0.2, 0.25) is 5.88 Å². The fraction of sp³-hybridized carbons (Fsp3) is 0.310. The summed E-state index contributed by atoms with van der Waals surface area (Å²) < 4.78 is 80.7. The van der Waals surface area contributed by atoms with Crippen LogP contribution in [0.3, 0.4) is 0 Å². The number of carbonyl (C=O) groups is 1. The van der Waals surface area contributed by atoms with Crippen LogP contribution in [-0.2, 0) is 12.7 Å². The highest BCUT2D eigenvalue weighted by molar-refractivity contribution is 5.90. The molecule has 10 nitrogen and oxygen atoms in total. The van der Waals surface area contributed by atoms with E-state index in [9.17, 15) is 22.4 Å². The number of hydrogen-bond donors (Lipinski definition) is 4. The summed E-state index contributed by atoms with van der Waals surface area (Å²) in [4.78, 5) is 20.5. The maximum absolute atomic E-state index is 16.2. The first-order valence-corrected chi connectivity index (χ1v) is 13.6. The van der Waals surface area contributed by atoms with Gasteiger partial charge in [-0.3, -0.25) is 4.79 Å². The van der Waals surface area contributed by atoms with Gasteiger partial charge in [0, 0.05) is 31.0 Å². The van der Waals surface area contributed by atoms with Gasteiger partial charge in [0.05, 0.1) is 35.3 Å². The average molecular weight is 619 g/mol. The highest BCUT2D eigenvalue weighted by Gasteiger charge is 2.39. The van der Waals surface area contributed by atoms with Crippen LogP contribution in [0, 0.1) is 18.6 Å². The quantitative estimate of drug-likeness (QED) is 0.0728. The molecule has 3 aromatic heterocycles. The fourth-order valence-corrected chi connectivity index (χ4v) is 4.51. The zero-order valence-electron chi connectivity index (χ0n) is 23.9. The summed E-state index contributed by atoms with van der Waals surface area (Å²) in [6.07, 6.45) is -1.82. The van der Waals surface area contributed by atoms with Crippen LogP contribution in [-0.4, -0.2) is 51.8 Å². The average Bonchev–Trinajstić information content (AvgIpc) is 3.46. The van der Waals surface area contributed by atoms with Crippen molar-refractivity contribution >= 4 is 17.7 Å². The van der Waals surface area contributed by atoms with Crippen molar-refractivity contribution in [1.82, 2.24) is 25.1 Å². The molecule has 0 amide bonds. The molecule has 1 atom stereocenters. The number of aldehydes is 1. The second-order valence-electron chi connectivity index (χ2n) is 9.86. The van der Waals surface area contributed by atoms with E-state index in [0.29, 0.717) is 49.9 Å². The van der Waals surface area contributed by atoms with E-state index in [1.54, 1.807) is 43.6 Å². The van der Waals surface area contributed by atoms with E-state index >= 15 is 4.39 Å². The summed E-state index contributed by atoms with van der Waals surface area (Å²) in [5, 5.41) is 10.2. The molecule has 0 aliphatic rings. The maximum atomic E-state index is 16.2. The molecule has 0 saturated heterocycles. The van der Waals surface area contributed by atoms with E-state index in [2.05, 4.69) is 25.7 Å². The van der Waals surface area contributed by atoms with E-state index in [1.165, 1.54) is 4.68 Å². The third-order valence-corrected chi connectivity index (χ3v) is 6.66. The van der Waals surface area contributed by atoms with Crippen molar-refractivity contribution in [1.29, 1.82) is 0 Å². The fourth-order valence-electron chi connectivity index (χ4n) is 4.51. The second kappa shape index (κ2) is 13.8. The summed E-state index contributed by atoms with van der Waals surface area (Å²) in [6, 6.07) is 7.50. The maximum Gasteiger partial charge on any atom is 0.417 e. The Hall–Kier alpha value is -4.63. The number of pyridine rings is 2. The molecule has 0 aliphatic heterocycles. The predicted octanol–water partition coefficient (Wildman–Crippen LogP) is 4.65. The van der Waals surface area contributed by atoms with E-state index in [1.807, 2.05) is 0 Å². The molecule has 3 heterocycles. The minimum absolute atomic E-state index is 0.143. The lowest BCUT2D eigenvalue weighted by Crippen LogP contribution is -2.27. The number of ether oxygens (including phenoxy) is 1. The SMILES string of the molecule is Cc1c(F)c(N)cc(-c2nc(OC(C)CCNCCN)c(C=O)c(NCc3ccn(-c4ccccn4)n3)c2F)c1C(F)(F)F. The number of anilines is 2. The van der Waals surface area contributed by atoms with Gasteiger partial charge in [-0.1, -0.05) is 6.07 Å². The van der Waals surface area contributed by atoms with Crippen molar-refractivity contribution in [3.63, 3.8) is 0 Å². The molecule has 234 valence electrons. The van der Waals surface area contributed by atoms with Crippen LogP contribution in [0.5, 0.6) is 5.88 Å². The molecule has 0 spiro atoms. The normalized spacial score (nSPS) is 12.3. The Morgan fingerprint density at radius 3 is 2.59 bits per heavy atom. The van der Waals surface area contributed by atoms with Gasteiger partial charge < -0.3 is 26.8 Å². The van der Waals surface area contributed by atoms with Gasteiger partial charge in [-0.05, 0) is 56.6 Å². The molecule has 0 radical (unpaired) electrons. The Morgan fingerprint density at radius 2 is 1.93 bits per heavy atom. The van der Waals surface area contributed by atoms with Gasteiger partial charge in [-0.15, -0.1) is 0 Å². The van der Waals surface area contributed by atoms with E-state index < -0.39 is 63.6 Å². The van der Waals surface area contributed by atoms with Crippen LogP contribution in [0.25, 0.3) is 17.1 Å². The summed E-state index contributed by atoms with van der Waals surface area (Å²) >= 11 is 0. The van der Waals surface area contributed by atoms with Gasteiger partial charge in [-0.2, -0.15) is 18.3 Å². The number of nitrogens with one attached hydrogen (secondary N) is 2. The predicted molar refractivity (Wildman–Crippen MR) is 154 cm³/mol. The van der Waals surface area contributed by atoms with Crippen molar-refractivity contribution in [3.05, 3.63) is 76.7 Å². The number of halogens is 5. The second-order valence-corrected chi connectivity index (χ2v) is 9.86. The lowest BCUT2D eigenvalue weighted by atomic mass is 9.95. The minimum atomic E-state index is -5.10. The van der Waals surface area contributed by atoms with Crippen LogP contribution in [0.15, 0.2) is 42.7 Å². The summed E-state index contributed by atoms with van der Waals surface area (Å²) in [5.74, 6) is -2.49. The van der Waals surface area contributed by atoms with Crippen LogP contribution in [0.4, 0.5) is 33.3 Å². The van der Waals surface area contributed by atoms with Crippen molar-refractivity contribution in [2.45, 2.75) is 39.1 Å². The largest absolute Gasteiger partial charge is 0.474 e. The monoisotopic (exact) mass is 618 g/mol. The van der Waals surface area contributed by atoms with Crippen LogP contribution in [0.1, 0.15) is 40.5 Å². The smallest absolute Gasteiger partial charge is 0.417 e. The zero-order valence-corrected chi connectivity index (χ0v) is 23.9. The highest BCUT2D eigenvalue weighted by Crippen LogP contribution is 2.44. The van der Waals surface area contributed by atoms with Gasteiger partial charge in [0.15, 0.2) is 17.9 Å². The Kier molecular flexibility index (Phi) is 10.1. The number of benzene rings is 1. The minimum Gasteiger partial charge on any atom is -0.474 e. The molecule has 1 aromatic carbocycles. The number of nitrogens with zero attached hydrogens (tertiary/aromatic N) is 4. The van der Waals surface area contributed by atoms with Gasteiger partial charge in [0.1, 0.15) is 17.1 Å². The Bertz CT molecular complexity index is 1610. The topological polar surface area (TPSA) is 146 Å². The molecule has 15 heteroatoms. The Balaban J connectivity index is 1.81. The standard InChI is InChI=1S/C29H31F5N8O2/c1-16(6-10-37-11-8-35)44-28-20(15-43)26(39-14-18-7-12-42(41-18)22-5-3-4-9-38-22)25(31)27(40-28)19-13-21(36)24(30)17(2)23(19)29(32,33)34/h3-5,7,9,12-13,15-16,37H,6,8,10-11,14,35-36H2,1-2H3,(H,39,40). The van der Waals surface area contributed by atoms with E-state index in [0.717, 1.165) is 6.92 Å². The third-order valence-electron chi connectivity index (χ3n) is 6.66. The van der Waals surface area contributed by atoms with Crippen molar-refractivity contribution in [3.8, 4) is 23.0 Å². The number of carbonyl (C=O) groups excluding carboxylic acids is 1. The molecular weight excluding hydrogens is 587 g/mol. The first kappa shape index (κ1) is 32.3. The lowest BCUT2D eigenvalue weighted by Gasteiger charge is -2.22. The molecule has 4 rings (SSSR count). The molecule has 6 N–H and O–H groups in total. The Morgan fingerprint density at radius 1 is 1.16 bits per heavy atom. The first-order chi connectivity index (χ1) is 21.0. The molecule has 0 saturated carbocycles. The zero-order chi connectivity index (χ0) is 32.0. The van der Waals surface area contributed by atoms with E-state index in [-0.39, 0.29) is 12.1 Å². The number of nitrogens with two attached hydrogens (primary N) is 2. The highest BCUT2D eigenvalue weighted by atomic mass is 19.4. The molecule has 0 bridgehead atoms. The van der Waals surface area contributed by atoms with Gasteiger partial charge >= 0.3 is 6.18 Å². The van der Waals surface area contributed by atoms with Crippen molar-refractivity contribution < 1.29 is 31.5 Å². The van der Waals surface area contributed by atoms with Crippen LogP contribution >= 0.6 is 0 Å². The van der Waals surface area contributed by atoms with Gasteiger partial charge in [0.25, 0.3) is 0 Å². The number of nitrogen functional groups attached to an aromatic ring is 1. The Labute approximate surface area is 249 Å². The van der Waals surface area contributed by atoms with Crippen LogP contribution < -0.4 is 26.8 Å². The summed E-state index contributed by atoms with van der Waals surface area (Å²) in [7, 11) is 0. The number of alkyl halides is 3. The third kappa shape index (κ3) is 7.11. The lowest BCUT2D eigenvalue weighted by molar-refractivity contribution is -0.137. The molecule has 44 heavy (non-hydrogen) atoms. The van der Waals surface area contributed by atoms with Crippen molar-refractivity contribution in [2.24, 2.45) is 5.73 Å². The summed E-state index contributed by atoms with van der Waals surface area (Å²) in [6.45, 7) is 3.82. The molecular formula is C29H31F5N8O2. The first-order valence-electron chi connectivity index (χ1n) is 13.6. The summed E-state index contributed by atoms with van der Waals surface area (Å²) in [5.41, 5.74) is 6.13. The number of aromatic nitrogens is 4. The van der Waals surface area contributed by atoms with Gasteiger partial charge in [-0.25, -0.2) is 23.4 Å². The van der Waals surface area contributed by atoms with E-state index in [4.69, 9.17) is 16.2 Å². The molecule has 1 unspecified atom stereocenters. The number of rotatable bonds is 13. The molecule has 0 fully saturated rings. The van der Waals surface area contributed by atoms with Crippen LogP contribution in [0.2, 0.25) is 0 Å². The molecule has 0 aliphatic carbocycles. The number of hydrogen-bond acceptors (Lipinski definition) is 9. The molecule has 4 aromatic rings. The van der Waals surface area contributed by atoms with Crippen molar-refractivity contribution in [2.75, 3.05) is 30.7 Å².